The molecule has 1 saturated carbocycles. The number of anilines is 2. The summed E-state index contributed by atoms with van der Waals surface area (Å²) in [5, 5.41) is 16.5. The van der Waals surface area contributed by atoms with E-state index in [1.165, 1.54) is 0 Å². The molecule has 8 heteroatoms. The van der Waals surface area contributed by atoms with Crippen LogP contribution in [0.5, 0.6) is 0 Å². The molecule has 0 aliphatic heterocycles. The van der Waals surface area contributed by atoms with Crippen LogP contribution in [0.1, 0.15) is 12.8 Å². The maximum Gasteiger partial charge on any atom is 0.223 e. The Balaban J connectivity index is 1.52. The molecule has 0 unspecified atom stereocenters. The van der Waals surface area contributed by atoms with E-state index in [-0.39, 0.29) is 11.8 Å². The van der Waals surface area contributed by atoms with E-state index in [9.17, 15) is 4.79 Å². The second-order valence-corrected chi connectivity index (χ2v) is 7.14. The minimum atomic E-state index is 0.176. The lowest BCUT2D eigenvalue weighted by atomic mass is 10.3. The van der Waals surface area contributed by atoms with Crippen molar-refractivity contribution in [3.8, 4) is 10.6 Å². The molecule has 25 heavy (non-hydrogen) atoms. The summed E-state index contributed by atoms with van der Waals surface area (Å²) in [5.41, 5.74) is 2.94. The van der Waals surface area contributed by atoms with E-state index in [1.54, 1.807) is 17.5 Å². The van der Waals surface area contributed by atoms with Gasteiger partial charge < -0.3 is 16.0 Å². The predicted octanol–water partition coefficient (Wildman–Crippen LogP) is 2.67. The van der Waals surface area contributed by atoms with Gasteiger partial charge in [-0.3, -0.25) is 9.89 Å². The monoisotopic (exact) mass is 356 g/mol. The molecule has 3 aromatic heterocycles. The van der Waals surface area contributed by atoms with Gasteiger partial charge >= 0.3 is 0 Å². The third kappa shape index (κ3) is 3.43. The molecule has 7 nitrogen and oxygen atoms in total. The van der Waals surface area contributed by atoms with Crippen LogP contribution in [0.3, 0.4) is 0 Å². The summed E-state index contributed by atoms with van der Waals surface area (Å²) in [6, 6.07) is 6.01. The Morgan fingerprint density at radius 2 is 2.24 bits per heavy atom. The number of nitrogens with one attached hydrogen (secondary N) is 4. The van der Waals surface area contributed by atoms with Gasteiger partial charge in [0.1, 0.15) is 5.82 Å². The standard InChI is InChI=1S/C17H20N6OS/c1-18-15-9-12(19-6-7-20-17(24)10-2-3-10)16-13(22-15)8-14(25-16)11-4-5-21-23-11/h4-5,8-10H,2-3,6-7H2,1H3,(H,20,24)(H,21,23)(H2,18,19,22). The van der Waals surface area contributed by atoms with Crippen molar-refractivity contribution in [2.45, 2.75) is 12.8 Å². The fourth-order valence-electron chi connectivity index (χ4n) is 2.68. The van der Waals surface area contributed by atoms with Gasteiger partial charge in [0.05, 0.1) is 26.5 Å². The molecule has 1 fully saturated rings. The van der Waals surface area contributed by atoms with Gasteiger partial charge in [0.2, 0.25) is 5.91 Å². The van der Waals surface area contributed by atoms with Gasteiger partial charge in [-0.2, -0.15) is 5.10 Å². The Morgan fingerprint density at radius 1 is 1.36 bits per heavy atom. The van der Waals surface area contributed by atoms with E-state index in [0.29, 0.717) is 13.1 Å². The molecule has 4 N–H and O–H groups in total. The summed E-state index contributed by atoms with van der Waals surface area (Å²) in [7, 11) is 1.86. The second kappa shape index (κ2) is 6.72. The Morgan fingerprint density at radius 3 is 2.96 bits per heavy atom. The Hall–Kier alpha value is -2.61. The first-order valence-electron chi connectivity index (χ1n) is 8.38. The maximum atomic E-state index is 11.7. The highest BCUT2D eigenvalue weighted by Gasteiger charge is 2.28. The number of carbonyl (C=O) groups is 1. The van der Waals surface area contributed by atoms with Crippen molar-refractivity contribution in [1.29, 1.82) is 0 Å². The topological polar surface area (TPSA) is 94.7 Å². The number of amides is 1. The van der Waals surface area contributed by atoms with Crippen molar-refractivity contribution >= 4 is 39.0 Å². The van der Waals surface area contributed by atoms with Crippen molar-refractivity contribution in [2.75, 3.05) is 30.8 Å². The molecule has 4 rings (SSSR count). The lowest BCUT2D eigenvalue weighted by Crippen LogP contribution is -2.29. The van der Waals surface area contributed by atoms with Gasteiger partial charge in [0.15, 0.2) is 0 Å². The number of rotatable bonds is 7. The largest absolute Gasteiger partial charge is 0.382 e. The summed E-state index contributed by atoms with van der Waals surface area (Å²) in [4.78, 5) is 17.4. The molecule has 0 spiro atoms. The normalized spacial score (nSPS) is 13.8. The summed E-state index contributed by atoms with van der Waals surface area (Å²) >= 11 is 1.67. The van der Waals surface area contributed by atoms with Crippen LogP contribution in [0, 0.1) is 5.92 Å². The molecule has 0 saturated heterocycles. The van der Waals surface area contributed by atoms with Gasteiger partial charge in [-0.1, -0.05) is 0 Å². The maximum absolute atomic E-state index is 11.7. The fraction of sp³-hybridized carbons (Fsp3) is 0.353. The zero-order valence-electron chi connectivity index (χ0n) is 13.9. The van der Waals surface area contributed by atoms with Crippen LogP contribution in [0.2, 0.25) is 0 Å². The van der Waals surface area contributed by atoms with E-state index >= 15 is 0 Å². The highest BCUT2D eigenvalue weighted by atomic mass is 32.1. The van der Waals surface area contributed by atoms with Crippen molar-refractivity contribution in [3.63, 3.8) is 0 Å². The number of thiophene rings is 1. The van der Waals surface area contributed by atoms with Crippen LogP contribution in [0.15, 0.2) is 24.4 Å². The van der Waals surface area contributed by atoms with Crippen LogP contribution < -0.4 is 16.0 Å². The quantitative estimate of drug-likeness (QED) is 0.488. The Bertz CT molecular complexity index is 884. The Labute approximate surface area is 149 Å². The SMILES string of the molecule is CNc1cc(NCCNC(=O)C2CC2)c2sc(-c3ccn[nH]3)cc2n1. The van der Waals surface area contributed by atoms with Gasteiger partial charge in [0, 0.05) is 38.3 Å². The van der Waals surface area contributed by atoms with Crippen LogP contribution >= 0.6 is 11.3 Å². The van der Waals surface area contributed by atoms with Gasteiger partial charge in [0.25, 0.3) is 0 Å². The Kier molecular flexibility index (Phi) is 4.27. The minimum Gasteiger partial charge on any atom is -0.382 e. The van der Waals surface area contributed by atoms with Crippen molar-refractivity contribution in [2.24, 2.45) is 5.92 Å². The zero-order valence-corrected chi connectivity index (χ0v) is 14.7. The van der Waals surface area contributed by atoms with E-state index in [2.05, 4.69) is 37.2 Å². The second-order valence-electron chi connectivity index (χ2n) is 6.09. The third-order valence-corrected chi connectivity index (χ3v) is 5.38. The van der Waals surface area contributed by atoms with E-state index in [1.807, 2.05) is 19.2 Å². The molecule has 1 aliphatic rings. The summed E-state index contributed by atoms with van der Waals surface area (Å²) in [6.45, 7) is 1.30. The van der Waals surface area contributed by atoms with Crippen LogP contribution in [-0.4, -0.2) is 41.2 Å². The molecule has 1 amide bonds. The van der Waals surface area contributed by atoms with Crippen LogP contribution in [0.25, 0.3) is 20.8 Å². The average Bonchev–Trinajstić information content (AvgIpc) is 3.16. The third-order valence-electron chi connectivity index (χ3n) is 4.19. The molecule has 0 radical (unpaired) electrons. The smallest absolute Gasteiger partial charge is 0.223 e. The minimum absolute atomic E-state index is 0.176. The van der Waals surface area contributed by atoms with Crippen LogP contribution in [-0.2, 0) is 4.79 Å². The first kappa shape index (κ1) is 15.9. The van der Waals surface area contributed by atoms with E-state index < -0.39 is 0 Å². The number of hydrogen-bond donors (Lipinski definition) is 4. The first-order valence-corrected chi connectivity index (χ1v) is 9.20. The summed E-state index contributed by atoms with van der Waals surface area (Å²) in [6.07, 6.45) is 3.80. The summed E-state index contributed by atoms with van der Waals surface area (Å²) in [5.74, 6) is 1.24. The lowest BCUT2D eigenvalue weighted by molar-refractivity contribution is -0.122. The number of nitrogens with zero attached hydrogens (tertiary/aromatic N) is 2. The van der Waals surface area contributed by atoms with E-state index in [4.69, 9.17) is 0 Å². The van der Waals surface area contributed by atoms with Crippen LogP contribution in [0.4, 0.5) is 11.5 Å². The number of aromatic nitrogens is 3. The molecule has 3 aromatic rings. The molecule has 1 aliphatic carbocycles. The van der Waals surface area contributed by atoms with Crippen molar-refractivity contribution < 1.29 is 4.79 Å². The first-order chi connectivity index (χ1) is 12.2. The number of fused-ring (bicyclic) bond motifs is 1. The highest BCUT2D eigenvalue weighted by molar-refractivity contribution is 7.22. The zero-order chi connectivity index (χ0) is 17.2. The molecule has 0 aromatic carbocycles. The predicted molar refractivity (Wildman–Crippen MR) is 101 cm³/mol. The molecular weight excluding hydrogens is 336 g/mol. The average molecular weight is 356 g/mol. The number of hydrogen-bond acceptors (Lipinski definition) is 6. The molecule has 3 heterocycles. The van der Waals surface area contributed by atoms with Crippen molar-refractivity contribution in [1.82, 2.24) is 20.5 Å². The highest BCUT2D eigenvalue weighted by Crippen LogP contribution is 2.37. The van der Waals surface area contributed by atoms with E-state index in [0.717, 1.165) is 45.1 Å². The number of H-pyrrole nitrogens is 1. The lowest BCUT2D eigenvalue weighted by Gasteiger charge is -2.10. The van der Waals surface area contributed by atoms with Crippen molar-refractivity contribution in [3.05, 3.63) is 24.4 Å². The molecular formula is C17H20N6OS. The molecule has 130 valence electrons. The number of carbonyl (C=O) groups excluding carboxylic acids is 1. The van der Waals surface area contributed by atoms with Gasteiger partial charge in [-0.05, 0) is 25.0 Å². The molecule has 0 bridgehead atoms. The number of aromatic amines is 1. The fourth-order valence-corrected chi connectivity index (χ4v) is 3.74. The number of pyridine rings is 1. The summed E-state index contributed by atoms with van der Waals surface area (Å²) < 4.78 is 1.09. The van der Waals surface area contributed by atoms with Gasteiger partial charge in [-0.15, -0.1) is 11.3 Å². The van der Waals surface area contributed by atoms with Gasteiger partial charge in [-0.25, -0.2) is 4.98 Å². The molecule has 0 atom stereocenters.